The second-order valence-electron chi connectivity index (χ2n) is 5.27. The van der Waals surface area contributed by atoms with Gasteiger partial charge in [-0.25, -0.2) is 0 Å². The van der Waals surface area contributed by atoms with Crippen LogP contribution >= 0.6 is 0 Å². The molecule has 1 aliphatic rings. The second-order valence-corrected chi connectivity index (χ2v) is 5.27. The Morgan fingerprint density at radius 3 is 2.47 bits per heavy atom. The highest BCUT2D eigenvalue weighted by Gasteiger charge is 2.32. The highest BCUT2D eigenvalue weighted by molar-refractivity contribution is 5.48. The molecule has 0 aromatic heterocycles. The van der Waals surface area contributed by atoms with Crippen molar-refractivity contribution in [1.82, 2.24) is 0 Å². The third-order valence-corrected chi connectivity index (χ3v) is 3.42. The van der Waals surface area contributed by atoms with Crippen molar-refractivity contribution in [3.05, 3.63) is 24.3 Å². The molecule has 0 amide bonds. The smallest absolute Gasteiger partial charge is 0.119 e. The number of rotatable bonds is 6. The number of benzene rings is 1. The van der Waals surface area contributed by atoms with Gasteiger partial charge in [-0.1, -0.05) is 12.8 Å². The largest absolute Gasteiger partial charge is 0.497 e. The van der Waals surface area contributed by atoms with Gasteiger partial charge in [0.05, 0.1) is 7.11 Å². The van der Waals surface area contributed by atoms with Crippen LogP contribution < -0.4 is 15.8 Å². The van der Waals surface area contributed by atoms with E-state index in [0.29, 0.717) is 6.54 Å². The van der Waals surface area contributed by atoms with Gasteiger partial charge in [-0.15, -0.1) is 0 Å². The zero-order chi connectivity index (χ0) is 12.3. The van der Waals surface area contributed by atoms with E-state index in [0.717, 1.165) is 23.8 Å². The molecular formula is C14H22N2O. The van der Waals surface area contributed by atoms with Crippen LogP contribution in [0.15, 0.2) is 24.3 Å². The Kier molecular flexibility index (Phi) is 3.57. The van der Waals surface area contributed by atoms with E-state index in [9.17, 15) is 0 Å². The minimum Gasteiger partial charge on any atom is -0.497 e. The number of anilines is 1. The summed E-state index contributed by atoms with van der Waals surface area (Å²) in [6.45, 7) is 2.87. The third kappa shape index (κ3) is 3.37. The molecule has 3 heteroatoms. The molecule has 0 heterocycles. The van der Waals surface area contributed by atoms with Crippen molar-refractivity contribution in [2.75, 3.05) is 19.0 Å². The molecule has 1 fully saturated rings. The molecule has 0 aliphatic heterocycles. The molecule has 0 saturated heterocycles. The summed E-state index contributed by atoms with van der Waals surface area (Å²) in [6.07, 6.45) is 3.88. The SMILES string of the molecule is COc1ccc(NC(C)(CN)CC2CC2)cc1. The van der Waals surface area contributed by atoms with E-state index in [1.54, 1.807) is 7.11 Å². The van der Waals surface area contributed by atoms with Crippen molar-refractivity contribution in [2.24, 2.45) is 11.7 Å². The van der Waals surface area contributed by atoms with Crippen LogP contribution in [0.5, 0.6) is 5.75 Å². The molecule has 1 saturated carbocycles. The van der Waals surface area contributed by atoms with Crippen molar-refractivity contribution in [3.8, 4) is 5.75 Å². The third-order valence-electron chi connectivity index (χ3n) is 3.42. The van der Waals surface area contributed by atoms with Gasteiger partial charge in [0.1, 0.15) is 5.75 Å². The number of methoxy groups -OCH3 is 1. The van der Waals surface area contributed by atoms with Crippen LogP contribution in [0.4, 0.5) is 5.69 Å². The van der Waals surface area contributed by atoms with Crippen LogP contribution in [0.2, 0.25) is 0 Å². The minimum atomic E-state index is 0.00968. The van der Waals surface area contributed by atoms with Crippen LogP contribution in [0.3, 0.4) is 0 Å². The van der Waals surface area contributed by atoms with Crippen molar-refractivity contribution >= 4 is 5.69 Å². The van der Waals surface area contributed by atoms with Crippen LogP contribution in [0, 0.1) is 5.92 Å². The maximum absolute atomic E-state index is 5.90. The summed E-state index contributed by atoms with van der Waals surface area (Å²) in [5.74, 6) is 1.75. The first-order valence-electron chi connectivity index (χ1n) is 6.27. The lowest BCUT2D eigenvalue weighted by molar-refractivity contribution is 0.414. The van der Waals surface area contributed by atoms with Crippen LogP contribution in [0.1, 0.15) is 26.2 Å². The molecule has 94 valence electrons. The van der Waals surface area contributed by atoms with Gasteiger partial charge in [0.25, 0.3) is 0 Å². The van der Waals surface area contributed by atoms with Gasteiger partial charge >= 0.3 is 0 Å². The number of ether oxygens (including phenoxy) is 1. The summed E-state index contributed by atoms with van der Waals surface area (Å²) in [5.41, 5.74) is 7.02. The summed E-state index contributed by atoms with van der Waals surface area (Å²) in [6, 6.07) is 8.02. The summed E-state index contributed by atoms with van der Waals surface area (Å²) < 4.78 is 5.15. The Balaban J connectivity index is 2.00. The van der Waals surface area contributed by atoms with Gasteiger partial charge in [-0.2, -0.15) is 0 Å². The molecule has 17 heavy (non-hydrogen) atoms. The van der Waals surface area contributed by atoms with Crippen molar-refractivity contribution < 1.29 is 4.74 Å². The maximum atomic E-state index is 5.90. The Morgan fingerprint density at radius 2 is 2.00 bits per heavy atom. The average Bonchev–Trinajstić information content (AvgIpc) is 3.14. The molecular weight excluding hydrogens is 212 g/mol. The lowest BCUT2D eigenvalue weighted by atomic mass is 9.94. The number of hydrogen-bond donors (Lipinski definition) is 2. The highest BCUT2D eigenvalue weighted by atomic mass is 16.5. The van der Waals surface area contributed by atoms with E-state index in [-0.39, 0.29) is 5.54 Å². The Labute approximate surface area is 103 Å². The van der Waals surface area contributed by atoms with Gasteiger partial charge in [0.15, 0.2) is 0 Å². The molecule has 3 N–H and O–H groups in total. The maximum Gasteiger partial charge on any atom is 0.119 e. The van der Waals surface area contributed by atoms with E-state index in [2.05, 4.69) is 12.2 Å². The predicted octanol–water partition coefficient (Wildman–Crippen LogP) is 2.62. The van der Waals surface area contributed by atoms with Gasteiger partial charge in [-0.05, 0) is 43.5 Å². The lowest BCUT2D eigenvalue weighted by Crippen LogP contribution is -2.43. The standard InChI is InChI=1S/C14H22N2O/c1-14(10-15,9-11-3-4-11)16-12-5-7-13(17-2)8-6-12/h5-8,11,16H,3-4,9-10,15H2,1-2H3. The Morgan fingerprint density at radius 1 is 1.35 bits per heavy atom. The van der Waals surface area contributed by atoms with Gasteiger partial charge in [0, 0.05) is 17.8 Å². The second kappa shape index (κ2) is 4.96. The lowest BCUT2D eigenvalue weighted by Gasteiger charge is -2.31. The topological polar surface area (TPSA) is 47.3 Å². The average molecular weight is 234 g/mol. The fraction of sp³-hybridized carbons (Fsp3) is 0.571. The van der Waals surface area contributed by atoms with E-state index in [4.69, 9.17) is 10.5 Å². The molecule has 1 aromatic rings. The van der Waals surface area contributed by atoms with Crippen LogP contribution in [0.25, 0.3) is 0 Å². The molecule has 0 bridgehead atoms. The Bertz CT molecular complexity index is 359. The van der Waals surface area contributed by atoms with E-state index in [1.165, 1.54) is 12.8 Å². The van der Waals surface area contributed by atoms with Gasteiger partial charge < -0.3 is 15.8 Å². The summed E-state index contributed by atoms with van der Waals surface area (Å²) in [7, 11) is 1.68. The van der Waals surface area contributed by atoms with Crippen molar-refractivity contribution in [1.29, 1.82) is 0 Å². The monoisotopic (exact) mass is 234 g/mol. The minimum absolute atomic E-state index is 0.00968. The first-order chi connectivity index (χ1) is 8.15. The molecule has 3 nitrogen and oxygen atoms in total. The predicted molar refractivity (Wildman–Crippen MR) is 71.4 cm³/mol. The number of nitrogens with one attached hydrogen (secondary N) is 1. The molecule has 1 aromatic carbocycles. The molecule has 1 aliphatic carbocycles. The zero-order valence-electron chi connectivity index (χ0n) is 10.7. The number of nitrogens with two attached hydrogens (primary N) is 1. The van der Waals surface area contributed by atoms with Gasteiger partial charge in [-0.3, -0.25) is 0 Å². The van der Waals surface area contributed by atoms with E-state index >= 15 is 0 Å². The number of hydrogen-bond acceptors (Lipinski definition) is 3. The van der Waals surface area contributed by atoms with Crippen molar-refractivity contribution in [2.45, 2.75) is 31.7 Å². The molecule has 0 radical (unpaired) electrons. The molecule has 2 rings (SSSR count). The summed E-state index contributed by atoms with van der Waals surface area (Å²) >= 11 is 0. The van der Waals surface area contributed by atoms with Crippen molar-refractivity contribution in [3.63, 3.8) is 0 Å². The van der Waals surface area contributed by atoms with E-state index < -0.39 is 0 Å². The first-order valence-corrected chi connectivity index (χ1v) is 6.27. The summed E-state index contributed by atoms with van der Waals surface area (Å²) in [5, 5.41) is 3.55. The molecule has 1 unspecified atom stereocenters. The normalized spacial score (nSPS) is 18.5. The van der Waals surface area contributed by atoms with Crippen LogP contribution in [-0.4, -0.2) is 19.2 Å². The fourth-order valence-corrected chi connectivity index (χ4v) is 2.17. The fourth-order valence-electron chi connectivity index (χ4n) is 2.17. The van der Waals surface area contributed by atoms with E-state index in [1.807, 2.05) is 24.3 Å². The van der Waals surface area contributed by atoms with Gasteiger partial charge in [0.2, 0.25) is 0 Å². The molecule has 0 spiro atoms. The van der Waals surface area contributed by atoms with Crippen LogP contribution in [-0.2, 0) is 0 Å². The molecule has 1 atom stereocenters. The quantitative estimate of drug-likeness (QED) is 0.795. The Hall–Kier alpha value is -1.22. The highest BCUT2D eigenvalue weighted by Crippen LogP contribution is 2.37. The zero-order valence-corrected chi connectivity index (χ0v) is 10.7. The first kappa shape index (κ1) is 12.2. The summed E-state index contributed by atoms with van der Waals surface area (Å²) in [4.78, 5) is 0.